The third kappa shape index (κ3) is 4.02. The second-order valence-corrected chi connectivity index (χ2v) is 10.3. The van der Waals surface area contributed by atoms with Gasteiger partial charge in [-0.05, 0) is 34.7 Å². The summed E-state index contributed by atoms with van der Waals surface area (Å²) in [6.45, 7) is 0.356. The first kappa shape index (κ1) is 23.2. The zero-order valence-electron chi connectivity index (χ0n) is 20.3. The predicted octanol–water partition coefficient (Wildman–Crippen LogP) is 6.74. The summed E-state index contributed by atoms with van der Waals surface area (Å²) in [6.07, 6.45) is 0. The Labute approximate surface area is 218 Å². The molecule has 1 atom stereocenters. The number of ether oxygens (including phenoxy) is 2. The van der Waals surface area contributed by atoms with Gasteiger partial charge in [-0.1, -0.05) is 103 Å². The molecule has 182 valence electrons. The Balaban J connectivity index is 1.51. The van der Waals surface area contributed by atoms with E-state index in [-0.39, 0.29) is 0 Å². The first-order chi connectivity index (χ1) is 18.2. The maximum atomic E-state index is 14.2. The molecule has 0 amide bonds. The van der Waals surface area contributed by atoms with Gasteiger partial charge in [0.25, 0.3) is 0 Å². The van der Waals surface area contributed by atoms with E-state index >= 15 is 0 Å². The summed E-state index contributed by atoms with van der Waals surface area (Å²) in [5, 5.41) is 1.90. The highest BCUT2D eigenvalue weighted by molar-refractivity contribution is 7.85. The second kappa shape index (κ2) is 9.68. The van der Waals surface area contributed by atoms with Gasteiger partial charge in [0.15, 0.2) is 0 Å². The Morgan fingerprint density at radius 3 is 2.08 bits per heavy atom. The number of nitrogens with zero attached hydrogens (tertiary/aromatic N) is 1. The van der Waals surface area contributed by atoms with Crippen LogP contribution in [0.4, 0.5) is 0 Å². The van der Waals surface area contributed by atoms with Gasteiger partial charge in [0.1, 0.15) is 17.9 Å². The van der Waals surface area contributed by atoms with Crippen LogP contribution in [-0.2, 0) is 21.1 Å². The molecule has 0 fully saturated rings. The topological polar surface area (TPSA) is 47.9 Å². The summed E-state index contributed by atoms with van der Waals surface area (Å²) < 4.78 is 26.2. The Morgan fingerprint density at radius 2 is 1.38 bits per heavy atom. The number of hydrogen-bond acceptors (Lipinski definition) is 4. The van der Waals surface area contributed by atoms with Gasteiger partial charge in [0, 0.05) is 5.39 Å². The highest BCUT2D eigenvalue weighted by atomic mass is 32.2. The average molecular weight is 504 g/mol. The lowest BCUT2D eigenvalue weighted by Gasteiger charge is -2.25. The lowest BCUT2D eigenvalue weighted by molar-refractivity contribution is 0.282. The molecule has 0 saturated heterocycles. The van der Waals surface area contributed by atoms with Crippen LogP contribution >= 0.6 is 0 Å². The zero-order chi connectivity index (χ0) is 25.2. The average Bonchev–Trinajstić information content (AvgIpc) is 3.44. The first-order valence-electron chi connectivity index (χ1n) is 12.1. The van der Waals surface area contributed by atoms with Gasteiger partial charge in [-0.15, -0.1) is 0 Å². The lowest BCUT2D eigenvalue weighted by Crippen LogP contribution is -2.26. The number of hydrogen-bond donors (Lipinski definition) is 0. The molecule has 0 aromatic heterocycles. The van der Waals surface area contributed by atoms with Gasteiger partial charge in [-0.2, -0.15) is 0 Å². The normalized spacial score (nSPS) is 15.1. The van der Waals surface area contributed by atoms with Crippen molar-refractivity contribution in [2.24, 2.45) is 4.99 Å². The van der Waals surface area contributed by atoms with Crippen LogP contribution in [-0.4, -0.2) is 23.8 Å². The van der Waals surface area contributed by atoms with Crippen LogP contribution in [0.5, 0.6) is 5.75 Å². The fourth-order valence-electron chi connectivity index (χ4n) is 4.93. The summed E-state index contributed by atoms with van der Waals surface area (Å²) in [7, 11) is 0.0661. The Bertz CT molecular complexity index is 1590. The standard InChI is InChI=1S/C32H25NO3S/c1-35-28-21-20-23-12-8-9-17-26(23)30(28)37(34)29-19-11-10-18-27(29)31-33-32(22-36-31,24-13-4-2-5-14-24)25-15-6-3-7-16-25/h2-21H,22H2,1H3. The minimum absolute atomic E-state index is 0.356. The Kier molecular flexibility index (Phi) is 6.07. The molecule has 1 aliphatic rings. The molecule has 0 bridgehead atoms. The fraction of sp³-hybridized carbons (Fsp3) is 0.0938. The maximum Gasteiger partial charge on any atom is 0.218 e. The first-order valence-corrected chi connectivity index (χ1v) is 13.3. The van der Waals surface area contributed by atoms with E-state index in [1.165, 1.54) is 0 Å². The van der Waals surface area contributed by atoms with Crippen molar-refractivity contribution >= 4 is 27.5 Å². The van der Waals surface area contributed by atoms with Gasteiger partial charge < -0.3 is 9.47 Å². The number of benzene rings is 5. The molecule has 0 saturated carbocycles. The summed E-state index contributed by atoms with van der Waals surface area (Å²) in [4.78, 5) is 6.48. The van der Waals surface area contributed by atoms with Gasteiger partial charge >= 0.3 is 0 Å². The molecule has 37 heavy (non-hydrogen) atoms. The van der Waals surface area contributed by atoms with Crippen molar-refractivity contribution in [1.29, 1.82) is 0 Å². The van der Waals surface area contributed by atoms with E-state index in [1.54, 1.807) is 7.11 Å². The summed E-state index contributed by atoms with van der Waals surface area (Å²) >= 11 is 0. The van der Waals surface area contributed by atoms with Crippen LogP contribution in [0.2, 0.25) is 0 Å². The van der Waals surface area contributed by atoms with Crippen molar-refractivity contribution in [2.75, 3.05) is 13.7 Å². The molecule has 1 unspecified atom stereocenters. The predicted molar refractivity (Wildman–Crippen MR) is 148 cm³/mol. The molecule has 1 aliphatic heterocycles. The lowest BCUT2D eigenvalue weighted by atomic mass is 9.84. The third-order valence-electron chi connectivity index (χ3n) is 6.78. The van der Waals surface area contributed by atoms with Crippen LogP contribution in [0.25, 0.3) is 10.8 Å². The van der Waals surface area contributed by atoms with E-state index in [1.807, 2.05) is 97.1 Å². The van der Waals surface area contributed by atoms with Crippen molar-refractivity contribution in [3.8, 4) is 5.75 Å². The molecule has 0 aliphatic carbocycles. The largest absolute Gasteiger partial charge is 0.495 e. The van der Waals surface area contributed by atoms with Crippen LogP contribution in [0.1, 0.15) is 16.7 Å². The van der Waals surface area contributed by atoms with E-state index in [0.29, 0.717) is 33.6 Å². The van der Waals surface area contributed by atoms with Gasteiger partial charge in [-0.3, -0.25) is 0 Å². The highest BCUT2D eigenvalue weighted by Crippen LogP contribution is 2.40. The molecule has 5 aromatic rings. The van der Waals surface area contributed by atoms with Crippen LogP contribution in [0.15, 0.2) is 136 Å². The molecule has 5 heteroatoms. The highest BCUT2D eigenvalue weighted by Gasteiger charge is 2.41. The second-order valence-electron chi connectivity index (χ2n) is 8.88. The van der Waals surface area contributed by atoms with Crippen molar-refractivity contribution in [1.82, 2.24) is 0 Å². The number of rotatable bonds is 6. The molecule has 0 radical (unpaired) electrons. The molecule has 1 heterocycles. The number of aliphatic imine (C=N–C) groups is 1. The molecule has 0 N–H and O–H groups in total. The van der Waals surface area contributed by atoms with E-state index in [4.69, 9.17) is 14.5 Å². The fourth-order valence-corrected chi connectivity index (χ4v) is 6.43. The SMILES string of the molecule is COc1ccc2ccccc2c1S(=O)c1ccccc1C1=NC(c2ccccc2)(c2ccccc2)CO1. The minimum atomic E-state index is -1.54. The molecule has 5 aromatic carbocycles. The minimum Gasteiger partial charge on any atom is -0.495 e. The van der Waals surface area contributed by atoms with E-state index in [0.717, 1.165) is 21.9 Å². The Morgan fingerprint density at radius 1 is 0.757 bits per heavy atom. The molecule has 0 spiro atoms. The molecular formula is C32H25NO3S. The third-order valence-corrected chi connectivity index (χ3v) is 8.33. The van der Waals surface area contributed by atoms with Crippen LogP contribution in [0.3, 0.4) is 0 Å². The van der Waals surface area contributed by atoms with Crippen molar-refractivity contribution in [3.63, 3.8) is 0 Å². The summed E-state index contributed by atoms with van der Waals surface area (Å²) in [5.74, 6) is 1.07. The van der Waals surface area contributed by atoms with Gasteiger partial charge in [0.05, 0.1) is 33.3 Å². The van der Waals surface area contributed by atoms with Crippen LogP contribution in [0, 0.1) is 0 Å². The van der Waals surface area contributed by atoms with Gasteiger partial charge in [-0.25, -0.2) is 9.20 Å². The smallest absolute Gasteiger partial charge is 0.218 e. The Hall–Kier alpha value is -4.22. The van der Waals surface area contributed by atoms with Crippen LogP contribution < -0.4 is 4.74 Å². The van der Waals surface area contributed by atoms with E-state index in [2.05, 4.69) is 24.3 Å². The quantitative estimate of drug-likeness (QED) is 0.258. The maximum absolute atomic E-state index is 14.2. The van der Waals surface area contributed by atoms with E-state index < -0.39 is 16.3 Å². The molecule has 4 nitrogen and oxygen atoms in total. The summed E-state index contributed by atoms with van der Waals surface area (Å²) in [6, 6.07) is 39.8. The zero-order valence-corrected chi connectivity index (χ0v) is 21.2. The van der Waals surface area contributed by atoms with Crippen molar-refractivity contribution in [3.05, 3.63) is 138 Å². The van der Waals surface area contributed by atoms with Gasteiger partial charge in [0.2, 0.25) is 5.90 Å². The molecular weight excluding hydrogens is 478 g/mol. The van der Waals surface area contributed by atoms with Crippen molar-refractivity contribution in [2.45, 2.75) is 15.3 Å². The number of methoxy groups -OCH3 is 1. The monoisotopic (exact) mass is 503 g/mol. The summed E-state index contributed by atoms with van der Waals surface area (Å²) in [5.41, 5.74) is 2.12. The van der Waals surface area contributed by atoms with Crippen molar-refractivity contribution < 1.29 is 13.7 Å². The molecule has 6 rings (SSSR count). The van der Waals surface area contributed by atoms with E-state index in [9.17, 15) is 4.21 Å². The number of fused-ring (bicyclic) bond motifs is 1.